The van der Waals surface area contributed by atoms with Crippen molar-refractivity contribution in [3.63, 3.8) is 0 Å². The molecule has 0 saturated heterocycles. The molecule has 1 saturated carbocycles. The largest absolute Gasteiger partial charge is 0.496 e. The molecule has 1 aromatic rings. The number of aliphatic hydroxyl groups is 1. The van der Waals surface area contributed by atoms with Gasteiger partial charge in [0.15, 0.2) is 0 Å². The molecule has 0 bridgehead atoms. The summed E-state index contributed by atoms with van der Waals surface area (Å²) in [5.41, 5.74) is 1.40. The zero-order valence-corrected chi connectivity index (χ0v) is 11.7. The van der Waals surface area contributed by atoms with Gasteiger partial charge in [-0.1, -0.05) is 25.3 Å². The van der Waals surface area contributed by atoms with Gasteiger partial charge in [-0.2, -0.15) is 0 Å². The molecule has 0 aliphatic heterocycles. The van der Waals surface area contributed by atoms with E-state index < -0.39 is 5.60 Å². The van der Waals surface area contributed by atoms with Gasteiger partial charge in [0, 0.05) is 5.56 Å². The maximum atomic E-state index is 10.2. The predicted molar refractivity (Wildman–Crippen MR) is 74.1 cm³/mol. The second-order valence-corrected chi connectivity index (χ2v) is 5.85. The minimum Gasteiger partial charge on any atom is -0.496 e. The van der Waals surface area contributed by atoms with Crippen molar-refractivity contribution in [2.75, 3.05) is 7.11 Å². The SMILES string of the molecule is COc1ccc(C2CCCCC2)cc1C(C)(C)O. The van der Waals surface area contributed by atoms with E-state index in [4.69, 9.17) is 4.74 Å². The monoisotopic (exact) mass is 248 g/mol. The second-order valence-electron chi connectivity index (χ2n) is 5.85. The van der Waals surface area contributed by atoms with Gasteiger partial charge in [-0.3, -0.25) is 0 Å². The Morgan fingerprint density at radius 1 is 1.17 bits per heavy atom. The summed E-state index contributed by atoms with van der Waals surface area (Å²) in [5, 5.41) is 10.2. The van der Waals surface area contributed by atoms with E-state index in [0.29, 0.717) is 5.92 Å². The first-order valence-corrected chi connectivity index (χ1v) is 6.93. The van der Waals surface area contributed by atoms with Crippen molar-refractivity contribution in [3.8, 4) is 5.75 Å². The summed E-state index contributed by atoms with van der Waals surface area (Å²) in [5.74, 6) is 1.44. The molecule has 0 spiro atoms. The normalized spacial score (nSPS) is 17.8. The van der Waals surface area contributed by atoms with Gasteiger partial charge in [-0.25, -0.2) is 0 Å². The summed E-state index contributed by atoms with van der Waals surface area (Å²) in [6.07, 6.45) is 6.57. The van der Waals surface area contributed by atoms with Crippen molar-refractivity contribution >= 4 is 0 Å². The first-order chi connectivity index (χ1) is 8.52. The molecule has 1 aromatic carbocycles. The number of hydrogen-bond acceptors (Lipinski definition) is 2. The maximum Gasteiger partial charge on any atom is 0.124 e. The summed E-state index contributed by atoms with van der Waals surface area (Å²) >= 11 is 0. The van der Waals surface area contributed by atoms with Crippen LogP contribution in [0.25, 0.3) is 0 Å². The van der Waals surface area contributed by atoms with Gasteiger partial charge in [0.25, 0.3) is 0 Å². The van der Waals surface area contributed by atoms with Gasteiger partial charge in [-0.05, 0) is 50.3 Å². The van der Waals surface area contributed by atoms with E-state index in [1.807, 2.05) is 19.9 Å². The maximum absolute atomic E-state index is 10.2. The first-order valence-electron chi connectivity index (χ1n) is 6.93. The lowest BCUT2D eigenvalue weighted by Crippen LogP contribution is -2.17. The fourth-order valence-electron chi connectivity index (χ4n) is 2.89. The molecule has 1 N–H and O–H groups in total. The summed E-state index contributed by atoms with van der Waals surface area (Å²) in [6.45, 7) is 3.63. The molecular formula is C16H24O2. The van der Waals surface area contributed by atoms with Gasteiger partial charge in [0.2, 0.25) is 0 Å². The Bertz CT molecular complexity index is 398. The quantitative estimate of drug-likeness (QED) is 0.877. The summed E-state index contributed by atoms with van der Waals surface area (Å²) in [6, 6.07) is 6.29. The van der Waals surface area contributed by atoms with Gasteiger partial charge < -0.3 is 9.84 Å². The smallest absolute Gasteiger partial charge is 0.124 e. The first kappa shape index (κ1) is 13.4. The number of ether oxygens (including phenoxy) is 1. The number of hydrogen-bond donors (Lipinski definition) is 1. The Balaban J connectivity index is 2.33. The third-order valence-corrected chi connectivity index (χ3v) is 3.96. The lowest BCUT2D eigenvalue weighted by Gasteiger charge is -2.26. The van der Waals surface area contributed by atoms with Crippen LogP contribution in [-0.4, -0.2) is 12.2 Å². The lowest BCUT2D eigenvalue weighted by molar-refractivity contribution is 0.0755. The Morgan fingerprint density at radius 2 is 1.83 bits per heavy atom. The van der Waals surface area contributed by atoms with E-state index in [0.717, 1.165) is 11.3 Å². The average molecular weight is 248 g/mol. The molecule has 0 aromatic heterocycles. The number of rotatable bonds is 3. The minimum atomic E-state index is -0.851. The van der Waals surface area contributed by atoms with Crippen LogP contribution in [0.3, 0.4) is 0 Å². The Labute approximate surface area is 110 Å². The number of methoxy groups -OCH3 is 1. The van der Waals surface area contributed by atoms with Crippen LogP contribution in [0.15, 0.2) is 18.2 Å². The number of benzene rings is 1. The van der Waals surface area contributed by atoms with Crippen molar-refractivity contribution in [2.24, 2.45) is 0 Å². The van der Waals surface area contributed by atoms with Crippen molar-refractivity contribution in [1.82, 2.24) is 0 Å². The molecule has 0 heterocycles. The zero-order chi connectivity index (χ0) is 13.2. The second kappa shape index (κ2) is 5.31. The fourth-order valence-corrected chi connectivity index (χ4v) is 2.89. The lowest BCUT2D eigenvalue weighted by atomic mass is 9.82. The van der Waals surface area contributed by atoms with E-state index in [9.17, 15) is 5.11 Å². The average Bonchev–Trinajstić information content (AvgIpc) is 2.38. The van der Waals surface area contributed by atoms with Crippen LogP contribution in [0.1, 0.15) is 63.0 Å². The van der Waals surface area contributed by atoms with E-state index >= 15 is 0 Å². The van der Waals surface area contributed by atoms with Crippen LogP contribution in [0.2, 0.25) is 0 Å². The van der Waals surface area contributed by atoms with Crippen molar-refractivity contribution < 1.29 is 9.84 Å². The summed E-state index contributed by atoms with van der Waals surface area (Å²) in [4.78, 5) is 0. The van der Waals surface area contributed by atoms with E-state index in [-0.39, 0.29) is 0 Å². The van der Waals surface area contributed by atoms with Gasteiger partial charge in [0.05, 0.1) is 12.7 Å². The predicted octanol–water partition coefficient (Wildman–Crippen LogP) is 3.97. The third-order valence-electron chi connectivity index (χ3n) is 3.96. The van der Waals surface area contributed by atoms with E-state index in [2.05, 4.69) is 12.1 Å². The highest BCUT2D eigenvalue weighted by molar-refractivity contribution is 5.41. The fraction of sp³-hybridized carbons (Fsp3) is 0.625. The Morgan fingerprint density at radius 3 is 2.39 bits per heavy atom. The molecule has 2 heteroatoms. The molecule has 0 amide bonds. The standard InChI is InChI=1S/C16H24O2/c1-16(2,17)14-11-13(9-10-15(14)18-3)12-7-5-4-6-8-12/h9-12,17H,4-8H2,1-3H3. The van der Waals surface area contributed by atoms with Crippen molar-refractivity contribution in [2.45, 2.75) is 57.5 Å². The molecule has 1 fully saturated rings. The molecule has 2 rings (SSSR count). The topological polar surface area (TPSA) is 29.5 Å². The van der Waals surface area contributed by atoms with Gasteiger partial charge >= 0.3 is 0 Å². The van der Waals surface area contributed by atoms with E-state index in [1.54, 1.807) is 7.11 Å². The highest BCUT2D eigenvalue weighted by Crippen LogP contribution is 2.37. The molecule has 0 unspecified atom stereocenters. The molecule has 1 aliphatic rings. The van der Waals surface area contributed by atoms with Crippen LogP contribution < -0.4 is 4.74 Å². The van der Waals surface area contributed by atoms with Crippen LogP contribution in [0, 0.1) is 0 Å². The molecular weight excluding hydrogens is 224 g/mol. The summed E-state index contributed by atoms with van der Waals surface area (Å²) in [7, 11) is 1.66. The van der Waals surface area contributed by atoms with Crippen molar-refractivity contribution in [1.29, 1.82) is 0 Å². The molecule has 18 heavy (non-hydrogen) atoms. The van der Waals surface area contributed by atoms with Crippen LogP contribution >= 0.6 is 0 Å². The van der Waals surface area contributed by atoms with E-state index in [1.165, 1.54) is 37.7 Å². The molecule has 100 valence electrons. The molecule has 1 aliphatic carbocycles. The van der Waals surface area contributed by atoms with Crippen LogP contribution in [-0.2, 0) is 5.60 Å². The zero-order valence-electron chi connectivity index (χ0n) is 11.7. The Kier molecular flexibility index (Phi) is 3.96. The highest BCUT2D eigenvalue weighted by atomic mass is 16.5. The Hall–Kier alpha value is -1.02. The van der Waals surface area contributed by atoms with Gasteiger partial charge in [0.1, 0.15) is 5.75 Å². The molecule has 0 atom stereocenters. The minimum absolute atomic E-state index is 0.658. The van der Waals surface area contributed by atoms with Gasteiger partial charge in [-0.15, -0.1) is 0 Å². The van der Waals surface area contributed by atoms with Crippen LogP contribution in [0.4, 0.5) is 0 Å². The van der Waals surface area contributed by atoms with Crippen LogP contribution in [0.5, 0.6) is 5.75 Å². The summed E-state index contributed by atoms with van der Waals surface area (Å²) < 4.78 is 5.35. The molecule has 0 radical (unpaired) electrons. The molecule has 2 nitrogen and oxygen atoms in total. The third kappa shape index (κ3) is 2.86. The van der Waals surface area contributed by atoms with Crippen molar-refractivity contribution in [3.05, 3.63) is 29.3 Å². The highest BCUT2D eigenvalue weighted by Gasteiger charge is 2.23.